The number of Topliss-reactive ketones (excluding diaryl/α,β-unsaturated/α-hetero) is 1. The van der Waals surface area contributed by atoms with Gasteiger partial charge in [-0.1, -0.05) is 6.07 Å². The van der Waals surface area contributed by atoms with Crippen molar-refractivity contribution in [3.05, 3.63) is 30.1 Å². The fraction of sp³-hybridized carbons (Fsp3) is 0.571. The van der Waals surface area contributed by atoms with Crippen molar-refractivity contribution in [1.29, 1.82) is 0 Å². The minimum atomic E-state index is -0.190. The number of hydrogen-bond donors (Lipinski definition) is 1. The molecule has 0 aliphatic carbocycles. The quantitative estimate of drug-likeness (QED) is 0.802. The first-order chi connectivity index (χ1) is 8.75. The number of aliphatic hydroxyl groups excluding tert-OH is 1. The molecule has 4 heteroatoms. The van der Waals surface area contributed by atoms with Crippen LogP contribution in [0.5, 0.6) is 0 Å². The molecule has 1 N–H and O–H groups in total. The summed E-state index contributed by atoms with van der Waals surface area (Å²) in [6.07, 6.45) is 4.78. The van der Waals surface area contributed by atoms with Gasteiger partial charge in [-0.2, -0.15) is 0 Å². The van der Waals surface area contributed by atoms with Crippen molar-refractivity contribution in [2.45, 2.75) is 31.8 Å². The molecule has 0 radical (unpaired) electrons. The number of carbonyl (C=O) groups is 1. The first-order valence-corrected chi connectivity index (χ1v) is 6.60. The summed E-state index contributed by atoms with van der Waals surface area (Å²) in [6, 6.07) is 5.40. The molecule has 1 aliphatic rings. The van der Waals surface area contributed by atoms with Crippen LogP contribution in [0.1, 0.15) is 36.2 Å². The molecule has 18 heavy (non-hydrogen) atoms. The summed E-state index contributed by atoms with van der Waals surface area (Å²) in [5.41, 5.74) is 0.552. The summed E-state index contributed by atoms with van der Waals surface area (Å²) < 4.78 is 0. The molecule has 1 aliphatic heterocycles. The third kappa shape index (κ3) is 3.89. The molecule has 0 spiro atoms. The number of carbonyl (C=O) groups excluding carboxylic acids is 1. The second-order valence-electron chi connectivity index (χ2n) is 4.84. The van der Waals surface area contributed by atoms with E-state index >= 15 is 0 Å². The van der Waals surface area contributed by atoms with Crippen LogP contribution < -0.4 is 0 Å². The Balaban J connectivity index is 1.70. The fourth-order valence-corrected chi connectivity index (χ4v) is 2.35. The minimum Gasteiger partial charge on any atom is -0.392 e. The maximum absolute atomic E-state index is 11.8. The Morgan fingerprint density at radius 1 is 1.50 bits per heavy atom. The van der Waals surface area contributed by atoms with Crippen LogP contribution in [-0.4, -0.2) is 46.5 Å². The minimum absolute atomic E-state index is 0.105. The number of β-amino-alcohol motifs (C(OH)–C–C–N with tert-alkyl or cyclic N) is 1. The SMILES string of the molecule is O=C(CCCN1CCCC(O)C1)c1ccccn1. The van der Waals surface area contributed by atoms with E-state index in [0.29, 0.717) is 12.1 Å². The highest BCUT2D eigenvalue weighted by molar-refractivity contribution is 5.94. The highest BCUT2D eigenvalue weighted by Crippen LogP contribution is 2.11. The van der Waals surface area contributed by atoms with Gasteiger partial charge >= 0.3 is 0 Å². The van der Waals surface area contributed by atoms with Crippen LogP contribution in [0.25, 0.3) is 0 Å². The van der Waals surface area contributed by atoms with Crippen LogP contribution in [0.15, 0.2) is 24.4 Å². The largest absolute Gasteiger partial charge is 0.392 e. The van der Waals surface area contributed by atoms with E-state index in [-0.39, 0.29) is 11.9 Å². The van der Waals surface area contributed by atoms with Gasteiger partial charge in [0.2, 0.25) is 0 Å². The van der Waals surface area contributed by atoms with Crippen LogP contribution in [0.2, 0.25) is 0 Å². The van der Waals surface area contributed by atoms with E-state index in [1.807, 2.05) is 12.1 Å². The highest BCUT2D eigenvalue weighted by atomic mass is 16.3. The molecule has 1 aromatic rings. The first kappa shape index (κ1) is 13.2. The zero-order valence-electron chi connectivity index (χ0n) is 10.6. The number of pyridine rings is 1. The van der Waals surface area contributed by atoms with Crippen LogP contribution in [0, 0.1) is 0 Å². The van der Waals surface area contributed by atoms with E-state index in [0.717, 1.165) is 38.9 Å². The van der Waals surface area contributed by atoms with Gasteiger partial charge in [-0.25, -0.2) is 0 Å². The Kier molecular flexibility index (Phi) is 4.84. The lowest BCUT2D eigenvalue weighted by atomic mass is 10.1. The monoisotopic (exact) mass is 248 g/mol. The number of ketones is 1. The van der Waals surface area contributed by atoms with E-state index in [9.17, 15) is 9.90 Å². The standard InChI is InChI=1S/C14H20N2O2/c17-12-5-3-9-16(11-12)10-4-7-14(18)13-6-1-2-8-15-13/h1-2,6,8,12,17H,3-5,7,9-11H2. The molecule has 1 saturated heterocycles. The molecule has 1 aromatic heterocycles. The van der Waals surface area contributed by atoms with Gasteiger partial charge in [0.05, 0.1) is 6.10 Å². The number of piperidine rings is 1. The molecule has 2 rings (SSSR count). The molecular formula is C14H20N2O2. The van der Waals surface area contributed by atoms with E-state index < -0.39 is 0 Å². The van der Waals surface area contributed by atoms with Crippen molar-refractivity contribution in [2.24, 2.45) is 0 Å². The lowest BCUT2D eigenvalue weighted by Crippen LogP contribution is -2.38. The number of aromatic nitrogens is 1. The van der Waals surface area contributed by atoms with Crippen LogP contribution >= 0.6 is 0 Å². The third-order valence-corrected chi connectivity index (χ3v) is 3.31. The molecule has 98 valence electrons. The topological polar surface area (TPSA) is 53.4 Å². The van der Waals surface area contributed by atoms with E-state index in [2.05, 4.69) is 9.88 Å². The summed E-state index contributed by atoms with van der Waals surface area (Å²) in [5, 5.41) is 9.55. The van der Waals surface area contributed by atoms with E-state index in [1.165, 1.54) is 0 Å². The Bertz CT molecular complexity index is 381. The normalized spacial score (nSPS) is 20.8. The van der Waals surface area contributed by atoms with Crippen molar-refractivity contribution >= 4 is 5.78 Å². The highest BCUT2D eigenvalue weighted by Gasteiger charge is 2.17. The van der Waals surface area contributed by atoms with Gasteiger partial charge < -0.3 is 10.0 Å². The lowest BCUT2D eigenvalue weighted by molar-refractivity contribution is 0.0692. The molecule has 4 nitrogen and oxygen atoms in total. The van der Waals surface area contributed by atoms with Crippen molar-refractivity contribution in [3.8, 4) is 0 Å². The lowest BCUT2D eigenvalue weighted by Gasteiger charge is -2.29. The number of aliphatic hydroxyl groups is 1. The number of likely N-dealkylation sites (tertiary alicyclic amines) is 1. The van der Waals surface area contributed by atoms with Gasteiger partial charge in [0.15, 0.2) is 5.78 Å². The predicted octanol–water partition coefficient (Wildman–Crippen LogP) is 1.50. The summed E-state index contributed by atoms with van der Waals surface area (Å²) in [7, 11) is 0. The maximum Gasteiger partial charge on any atom is 0.181 e. The molecule has 0 bridgehead atoms. The van der Waals surface area contributed by atoms with Gasteiger partial charge in [0.25, 0.3) is 0 Å². The molecule has 2 heterocycles. The molecular weight excluding hydrogens is 228 g/mol. The van der Waals surface area contributed by atoms with Gasteiger partial charge in [-0.3, -0.25) is 9.78 Å². The van der Waals surface area contributed by atoms with E-state index in [4.69, 9.17) is 0 Å². The Morgan fingerprint density at radius 2 is 2.39 bits per heavy atom. The van der Waals surface area contributed by atoms with Crippen molar-refractivity contribution in [3.63, 3.8) is 0 Å². The van der Waals surface area contributed by atoms with E-state index in [1.54, 1.807) is 12.3 Å². The number of rotatable bonds is 5. The number of nitrogens with zero attached hydrogens (tertiary/aromatic N) is 2. The van der Waals surface area contributed by atoms with Gasteiger partial charge in [0, 0.05) is 19.2 Å². The van der Waals surface area contributed by atoms with Crippen LogP contribution in [0.4, 0.5) is 0 Å². The average Bonchev–Trinajstić information content (AvgIpc) is 2.40. The zero-order chi connectivity index (χ0) is 12.8. The zero-order valence-corrected chi connectivity index (χ0v) is 10.6. The van der Waals surface area contributed by atoms with Crippen molar-refractivity contribution in [1.82, 2.24) is 9.88 Å². The predicted molar refractivity (Wildman–Crippen MR) is 69.5 cm³/mol. The Morgan fingerprint density at radius 3 is 3.11 bits per heavy atom. The molecule has 0 aromatic carbocycles. The summed E-state index contributed by atoms with van der Waals surface area (Å²) in [6.45, 7) is 2.67. The van der Waals surface area contributed by atoms with Crippen molar-refractivity contribution < 1.29 is 9.90 Å². The second kappa shape index (κ2) is 6.61. The summed E-state index contributed by atoms with van der Waals surface area (Å²) >= 11 is 0. The van der Waals surface area contributed by atoms with Gasteiger partial charge in [-0.05, 0) is 44.5 Å². The molecule has 1 fully saturated rings. The molecule has 0 amide bonds. The van der Waals surface area contributed by atoms with Crippen LogP contribution in [-0.2, 0) is 0 Å². The summed E-state index contributed by atoms with van der Waals surface area (Å²) in [4.78, 5) is 18.1. The molecule has 1 atom stereocenters. The third-order valence-electron chi connectivity index (χ3n) is 3.31. The smallest absolute Gasteiger partial charge is 0.181 e. The van der Waals surface area contributed by atoms with Crippen LogP contribution in [0.3, 0.4) is 0 Å². The Hall–Kier alpha value is -1.26. The average molecular weight is 248 g/mol. The second-order valence-corrected chi connectivity index (χ2v) is 4.84. The molecule has 0 saturated carbocycles. The number of hydrogen-bond acceptors (Lipinski definition) is 4. The van der Waals surface area contributed by atoms with Gasteiger partial charge in [0.1, 0.15) is 5.69 Å². The first-order valence-electron chi connectivity index (χ1n) is 6.60. The molecule has 1 unspecified atom stereocenters. The van der Waals surface area contributed by atoms with Crippen molar-refractivity contribution in [2.75, 3.05) is 19.6 Å². The Labute approximate surface area is 108 Å². The van der Waals surface area contributed by atoms with Gasteiger partial charge in [-0.15, -0.1) is 0 Å². The maximum atomic E-state index is 11.8. The summed E-state index contributed by atoms with van der Waals surface area (Å²) in [5.74, 6) is 0.105. The fourth-order valence-electron chi connectivity index (χ4n) is 2.35.